The van der Waals surface area contributed by atoms with E-state index in [1.807, 2.05) is 42.5 Å². The Labute approximate surface area is 140 Å². The van der Waals surface area contributed by atoms with Gasteiger partial charge in [0.05, 0.1) is 0 Å². The van der Waals surface area contributed by atoms with Crippen molar-refractivity contribution < 1.29 is 14.3 Å². The first kappa shape index (κ1) is 15.7. The number of aryl methyl sites for hydroxylation is 1. The van der Waals surface area contributed by atoms with Crippen molar-refractivity contribution in [3.63, 3.8) is 0 Å². The molecule has 3 rings (SSSR count). The molecule has 0 aliphatic carbocycles. The zero-order valence-electron chi connectivity index (χ0n) is 12.6. The number of halogens is 1. The maximum absolute atomic E-state index is 12.1. The molecule has 0 fully saturated rings. The first-order chi connectivity index (χ1) is 11.2. The molecule has 1 N–H and O–H groups in total. The molecular formula is C18H18ClNO3. The summed E-state index contributed by atoms with van der Waals surface area (Å²) in [6, 6.07) is 15.1. The first-order valence-corrected chi connectivity index (χ1v) is 8.01. The van der Waals surface area contributed by atoms with Crippen LogP contribution in [0.1, 0.15) is 12.0 Å². The molecule has 0 spiro atoms. The van der Waals surface area contributed by atoms with Gasteiger partial charge in [-0.1, -0.05) is 41.9 Å². The molecule has 0 bridgehead atoms. The summed E-state index contributed by atoms with van der Waals surface area (Å²) in [6.07, 6.45) is 1.04. The van der Waals surface area contributed by atoms with Gasteiger partial charge in [0.25, 0.3) is 5.91 Å². The number of hydrogen-bond acceptors (Lipinski definition) is 3. The van der Waals surface area contributed by atoms with Crippen molar-refractivity contribution in [3.05, 3.63) is 59.1 Å². The molecule has 0 saturated carbocycles. The van der Waals surface area contributed by atoms with Crippen LogP contribution in [0.4, 0.5) is 0 Å². The highest BCUT2D eigenvalue weighted by Crippen LogP contribution is 2.30. The first-order valence-electron chi connectivity index (χ1n) is 7.63. The second kappa shape index (κ2) is 7.38. The predicted molar refractivity (Wildman–Crippen MR) is 89.1 cm³/mol. The van der Waals surface area contributed by atoms with E-state index in [4.69, 9.17) is 21.1 Å². The van der Waals surface area contributed by atoms with Crippen LogP contribution in [0.2, 0.25) is 5.02 Å². The summed E-state index contributed by atoms with van der Waals surface area (Å²) >= 11 is 6.11. The zero-order chi connectivity index (χ0) is 16.1. The second-order valence-electron chi connectivity index (χ2n) is 5.35. The highest BCUT2D eigenvalue weighted by molar-refractivity contribution is 6.31. The molecule has 1 atom stereocenters. The Kier molecular flexibility index (Phi) is 5.03. The Hall–Kier alpha value is -2.20. The van der Waals surface area contributed by atoms with Gasteiger partial charge in [-0.3, -0.25) is 4.79 Å². The Bertz CT molecular complexity index is 689. The van der Waals surface area contributed by atoms with E-state index in [0.717, 1.165) is 23.4 Å². The fourth-order valence-corrected chi connectivity index (χ4v) is 2.68. The summed E-state index contributed by atoms with van der Waals surface area (Å²) in [5, 5.41) is 3.65. The van der Waals surface area contributed by atoms with Crippen molar-refractivity contribution in [2.45, 2.75) is 18.9 Å². The Morgan fingerprint density at radius 3 is 2.70 bits per heavy atom. The summed E-state index contributed by atoms with van der Waals surface area (Å²) in [7, 11) is 0. The minimum absolute atomic E-state index is 0.154. The molecular weight excluding hydrogens is 314 g/mol. The maximum atomic E-state index is 12.1. The molecule has 23 heavy (non-hydrogen) atoms. The van der Waals surface area contributed by atoms with Crippen LogP contribution in [-0.2, 0) is 11.2 Å². The predicted octanol–water partition coefficient (Wildman–Crippen LogP) is 3.23. The monoisotopic (exact) mass is 331 g/mol. The molecule has 4 nitrogen and oxygen atoms in total. The molecule has 2 aromatic rings. The molecule has 0 unspecified atom stereocenters. The summed E-state index contributed by atoms with van der Waals surface area (Å²) in [5.41, 5.74) is 1.09. The number of ether oxygens (including phenoxy) is 2. The highest BCUT2D eigenvalue weighted by Gasteiger charge is 2.26. The number of carbonyl (C=O) groups is 1. The molecule has 1 aliphatic rings. The van der Waals surface area contributed by atoms with Crippen LogP contribution in [0.3, 0.4) is 0 Å². The van der Waals surface area contributed by atoms with Gasteiger partial charge in [-0.2, -0.15) is 0 Å². The number of amides is 1. The number of para-hydroxylation sites is 2. The number of benzene rings is 2. The molecule has 1 heterocycles. The molecule has 5 heteroatoms. The largest absolute Gasteiger partial charge is 0.485 e. The van der Waals surface area contributed by atoms with Crippen molar-refractivity contribution in [2.24, 2.45) is 0 Å². The molecule has 0 radical (unpaired) electrons. The highest BCUT2D eigenvalue weighted by atomic mass is 35.5. The van der Waals surface area contributed by atoms with Crippen molar-refractivity contribution in [3.8, 4) is 11.5 Å². The minimum atomic E-state index is -0.606. The van der Waals surface area contributed by atoms with Gasteiger partial charge in [-0.25, -0.2) is 0 Å². The van der Waals surface area contributed by atoms with Gasteiger partial charge in [0.15, 0.2) is 11.5 Å². The van der Waals surface area contributed by atoms with Crippen LogP contribution >= 0.6 is 11.6 Å². The SMILES string of the molecule is O=C(NCCCc1ccccc1Cl)[C@@H]1COc2ccccc2O1. The summed E-state index contributed by atoms with van der Waals surface area (Å²) in [5.74, 6) is 1.13. The van der Waals surface area contributed by atoms with Crippen molar-refractivity contribution in [1.82, 2.24) is 5.32 Å². The lowest BCUT2D eigenvalue weighted by Crippen LogP contribution is -2.44. The average molecular weight is 332 g/mol. The van der Waals surface area contributed by atoms with Crippen LogP contribution in [-0.4, -0.2) is 25.2 Å². The van der Waals surface area contributed by atoms with Crippen LogP contribution in [0, 0.1) is 0 Å². The van der Waals surface area contributed by atoms with Crippen molar-refractivity contribution >= 4 is 17.5 Å². The third-order valence-electron chi connectivity index (χ3n) is 3.68. The number of nitrogens with one attached hydrogen (secondary N) is 1. The molecule has 0 saturated heterocycles. The number of carbonyl (C=O) groups excluding carboxylic acids is 1. The standard InChI is InChI=1S/C18H18ClNO3/c19-14-8-2-1-6-13(14)7-5-11-20-18(21)17-12-22-15-9-3-4-10-16(15)23-17/h1-4,6,8-10,17H,5,7,11-12H2,(H,20,21)/t17-/m0/s1. The second-order valence-corrected chi connectivity index (χ2v) is 5.76. The fraction of sp³-hybridized carbons (Fsp3) is 0.278. The molecule has 1 amide bonds. The van der Waals surface area contributed by atoms with E-state index < -0.39 is 6.10 Å². The van der Waals surface area contributed by atoms with Crippen molar-refractivity contribution in [1.29, 1.82) is 0 Å². The molecule has 0 aromatic heterocycles. The number of fused-ring (bicyclic) bond motifs is 1. The number of rotatable bonds is 5. The van der Waals surface area contributed by atoms with Gasteiger partial charge >= 0.3 is 0 Å². The third-order valence-corrected chi connectivity index (χ3v) is 4.05. The van der Waals surface area contributed by atoms with Crippen LogP contribution in [0.5, 0.6) is 11.5 Å². The van der Waals surface area contributed by atoms with Crippen LogP contribution < -0.4 is 14.8 Å². The van der Waals surface area contributed by atoms with Crippen molar-refractivity contribution in [2.75, 3.05) is 13.2 Å². The van der Waals surface area contributed by atoms with Gasteiger partial charge in [0.1, 0.15) is 6.61 Å². The smallest absolute Gasteiger partial charge is 0.264 e. The Morgan fingerprint density at radius 1 is 1.13 bits per heavy atom. The van der Waals surface area contributed by atoms with Gasteiger partial charge in [-0.05, 0) is 36.6 Å². The molecule has 1 aliphatic heterocycles. The van der Waals surface area contributed by atoms with Gasteiger partial charge in [0.2, 0.25) is 6.10 Å². The lowest BCUT2D eigenvalue weighted by Gasteiger charge is -2.25. The van der Waals surface area contributed by atoms with E-state index in [1.165, 1.54) is 0 Å². The van der Waals surface area contributed by atoms with Gasteiger partial charge in [0, 0.05) is 11.6 Å². The Morgan fingerprint density at radius 2 is 1.87 bits per heavy atom. The van der Waals surface area contributed by atoms with E-state index in [9.17, 15) is 4.79 Å². The molecule has 120 valence electrons. The summed E-state index contributed by atoms with van der Waals surface area (Å²) in [4.78, 5) is 12.1. The van der Waals surface area contributed by atoms with Crippen LogP contribution in [0.25, 0.3) is 0 Å². The minimum Gasteiger partial charge on any atom is -0.485 e. The Balaban J connectivity index is 1.45. The van der Waals surface area contributed by atoms with E-state index in [2.05, 4.69) is 5.32 Å². The topological polar surface area (TPSA) is 47.6 Å². The summed E-state index contributed by atoms with van der Waals surface area (Å²) in [6.45, 7) is 0.804. The van der Waals surface area contributed by atoms with E-state index in [1.54, 1.807) is 6.07 Å². The van der Waals surface area contributed by atoms with Gasteiger partial charge in [-0.15, -0.1) is 0 Å². The summed E-state index contributed by atoms with van der Waals surface area (Å²) < 4.78 is 11.2. The number of hydrogen-bond donors (Lipinski definition) is 1. The average Bonchev–Trinajstić information content (AvgIpc) is 2.59. The van der Waals surface area contributed by atoms with Gasteiger partial charge < -0.3 is 14.8 Å². The normalized spacial score (nSPS) is 16.0. The van der Waals surface area contributed by atoms with E-state index >= 15 is 0 Å². The zero-order valence-corrected chi connectivity index (χ0v) is 13.4. The van der Waals surface area contributed by atoms with E-state index in [-0.39, 0.29) is 12.5 Å². The maximum Gasteiger partial charge on any atom is 0.264 e. The lowest BCUT2D eigenvalue weighted by molar-refractivity contribution is -0.130. The fourth-order valence-electron chi connectivity index (χ4n) is 2.45. The lowest BCUT2D eigenvalue weighted by atomic mass is 10.1. The molecule has 2 aromatic carbocycles. The van der Waals surface area contributed by atoms with Crippen LogP contribution in [0.15, 0.2) is 48.5 Å². The quantitative estimate of drug-likeness (QED) is 0.856. The third kappa shape index (κ3) is 3.96. The van der Waals surface area contributed by atoms with E-state index in [0.29, 0.717) is 18.0 Å².